The Morgan fingerprint density at radius 3 is 2.40 bits per heavy atom. The van der Waals surface area contributed by atoms with E-state index in [-0.39, 0.29) is 5.69 Å². The zero-order valence-corrected chi connectivity index (χ0v) is 22.5. The van der Waals surface area contributed by atoms with Crippen molar-refractivity contribution >= 4 is 29.0 Å². The summed E-state index contributed by atoms with van der Waals surface area (Å²) in [4.78, 5) is 19.0. The number of aromatic nitrogens is 4. The SMILES string of the molecule is CCN(CC)CCn1cnnc1-c1cc(Oc2ccc(NC(=O)Nc3ccc(Cl)c(C(F)(F)F)c3)cc2)ccn1. The number of benzene rings is 2. The Bertz CT molecular complexity index is 1440. The summed E-state index contributed by atoms with van der Waals surface area (Å²) in [5.74, 6) is 1.66. The van der Waals surface area contributed by atoms with Gasteiger partial charge >= 0.3 is 12.2 Å². The van der Waals surface area contributed by atoms with Gasteiger partial charge in [0.1, 0.15) is 23.5 Å². The van der Waals surface area contributed by atoms with Gasteiger partial charge in [-0.2, -0.15) is 13.2 Å². The summed E-state index contributed by atoms with van der Waals surface area (Å²) in [5, 5.41) is 12.7. The molecule has 9 nitrogen and oxygen atoms in total. The molecule has 0 radical (unpaired) electrons. The fourth-order valence-electron chi connectivity index (χ4n) is 3.86. The van der Waals surface area contributed by atoms with Crippen LogP contribution in [0.1, 0.15) is 19.4 Å². The van der Waals surface area contributed by atoms with Crippen molar-refractivity contribution in [2.75, 3.05) is 30.3 Å². The van der Waals surface area contributed by atoms with Gasteiger partial charge in [-0.3, -0.25) is 4.98 Å². The van der Waals surface area contributed by atoms with Crippen molar-refractivity contribution in [3.05, 3.63) is 77.7 Å². The van der Waals surface area contributed by atoms with Gasteiger partial charge in [-0.05, 0) is 61.6 Å². The topological polar surface area (TPSA) is 97.2 Å². The summed E-state index contributed by atoms with van der Waals surface area (Å²) in [6.07, 6.45) is -1.34. The first-order valence-corrected chi connectivity index (χ1v) is 12.8. The number of nitrogens with one attached hydrogen (secondary N) is 2. The molecule has 0 aliphatic rings. The molecular weight excluding hydrogens is 547 g/mol. The molecule has 0 unspecified atom stereocenters. The lowest BCUT2D eigenvalue weighted by atomic mass is 10.2. The normalized spacial score (nSPS) is 11.5. The second-order valence-electron chi connectivity index (χ2n) is 8.65. The van der Waals surface area contributed by atoms with Crippen LogP contribution in [0.3, 0.4) is 0 Å². The number of rotatable bonds is 10. The number of amides is 2. The van der Waals surface area contributed by atoms with E-state index in [0.717, 1.165) is 38.3 Å². The van der Waals surface area contributed by atoms with Crippen LogP contribution in [0.5, 0.6) is 11.5 Å². The van der Waals surface area contributed by atoms with Gasteiger partial charge in [0.15, 0.2) is 5.82 Å². The highest BCUT2D eigenvalue weighted by Crippen LogP contribution is 2.36. The van der Waals surface area contributed by atoms with Crippen molar-refractivity contribution in [2.45, 2.75) is 26.6 Å². The van der Waals surface area contributed by atoms with Crippen LogP contribution in [0.25, 0.3) is 11.5 Å². The number of hydrogen-bond acceptors (Lipinski definition) is 6. The van der Waals surface area contributed by atoms with Crippen LogP contribution in [0.4, 0.5) is 29.3 Å². The van der Waals surface area contributed by atoms with E-state index in [1.54, 1.807) is 48.9 Å². The van der Waals surface area contributed by atoms with Crippen LogP contribution in [-0.4, -0.2) is 50.3 Å². The molecule has 0 bridgehead atoms. The van der Waals surface area contributed by atoms with Gasteiger partial charge in [0.05, 0.1) is 10.6 Å². The highest BCUT2D eigenvalue weighted by molar-refractivity contribution is 6.31. The predicted molar refractivity (Wildman–Crippen MR) is 147 cm³/mol. The maximum Gasteiger partial charge on any atom is 0.417 e. The van der Waals surface area contributed by atoms with E-state index in [9.17, 15) is 18.0 Å². The molecule has 0 aliphatic heterocycles. The Kier molecular flexibility index (Phi) is 9.22. The average molecular weight is 574 g/mol. The molecule has 0 fully saturated rings. The van der Waals surface area contributed by atoms with Crippen LogP contribution in [0.15, 0.2) is 67.1 Å². The summed E-state index contributed by atoms with van der Waals surface area (Å²) in [6.45, 7) is 7.74. The Balaban J connectivity index is 1.37. The monoisotopic (exact) mass is 573 g/mol. The second-order valence-corrected chi connectivity index (χ2v) is 9.06. The molecular formula is C27H27ClF3N7O2. The van der Waals surface area contributed by atoms with E-state index in [4.69, 9.17) is 16.3 Å². The second kappa shape index (κ2) is 12.8. The van der Waals surface area contributed by atoms with E-state index in [2.05, 4.69) is 44.6 Å². The molecule has 13 heteroatoms. The minimum atomic E-state index is -4.64. The maximum atomic E-state index is 13.1. The highest BCUT2D eigenvalue weighted by Gasteiger charge is 2.33. The number of carbonyl (C=O) groups is 1. The first-order chi connectivity index (χ1) is 19.2. The summed E-state index contributed by atoms with van der Waals surface area (Å²) in [5.41, 5.74) is -0.0638. The van der Waals surface area contributed by atoms with Gasteiger partial charge in [-0.25, -0.2) is 4.79 Å². The maximum absolute atomic E-state index is 13.1. The predicted octanol–water partition coefficient (Wildman–Crippen LogP) is 6.79. The number of pyridine rings is 1. The molecule has 40 heavy (non-hydrogen) atoms. The third-order valence-electron chi connectivity index (χ3n) is 6.01. The number of carbonyl (C=O) groups excluding carboxylic acids is 1. The molecule has 0 spiro atoms. The number of halogens is 4. The van der Waals surface area contributed by atoms with E-state index in [1.807, 2.05) is 4.57 Å². The summed E-state index contributed by atoms with van der Waals surface area (Å²) >= 11 is 5.62. The number of anilines is 2. The van der Waals surface area contributed by atoms with Crippen LogP contribution in [0.2, 0.25) is 5.02 Å². The fourth-order valence-corrected chi connectivity index (χ4v) is 4.08. The van der Waals surface area contributed by atoms with Gasteiger partial charge in [-0.15, -0.1) is 10.2 Å². The highest BCUT2D eigenvalue weighted by atomic mass is 35.5. The lowest BCUT2D eigenvalue weighted by Gasteiger charge is -2.18. The molecule has 2 aromatic heterocycles. The van der Waals surface area contributed by atoms with Crippen LogP contribution in [-0.2, 0) is 12.7 Å². The molecule has 4 rings (SSSR count). The van der Waals surface area contributed by atoms with Crippen LogP contribution < -0.4 is 15.4 Å². The standard InChI is InChI=1S/C27H27ClF3N7O2/c1-3-37(4-2)13-14-38-17-33-36-25(38)24-16-21(11-12-32-24)40-20-8-5-18(6-9-20)34-26(39)35-19-7-10-23(28)22(15-19)27(29,30)31/h5-12,15-17H,3-4,13-14H2,1-2H3,(H2,34,35,39). The molecule has 0 atom stereocenters. The first kappa shape index (κ1) is 28.8. The molecule has 0 saturated heterocycles. The Morgan fingerprint density at radius 2 is 1.70 bits per heavy atom. The summed E-state index contributed by atoms with van der Waals surface area (Å²) in [6, 6.07) is 12.4. The quantitative estimate of drug-likeness (QED) is 0.217. The summed E-state index contributed by atoms with van der Waals surface area (Å²) in [7, 11) is 0. The van der Waals surface area contributed by atoms with E-state index < -0.39 is 22.8 Å². The fraction of sp³-hybridized carbons (Fsp3) is 0.259. The van der Waals surface area contributed by atoms with Gasteiger partial charge < -0.3 is 24.8 Å². The van der Waals surface area contributed by atoms with E-state index in [1.165, 1.54) is 6.07 Å². The van der Waals surface area contributed by atoms with E-state index in [0.29, 0.717) is 28.7 Å². The third kappa shape index (κ3) is 7.48. The number of alkyl halides is 3. The molecule has 0 aliphatic carbocycles. The van der Waals surface area contributed by atoms with Crippen molar-refractivity contribution < 1.29 is 22.7 Å². The molecule has 2 heterocycles. The average Bonchev–Trinajstić information content (AvgIpc) is 3.40. The van der Waals surface area contributed by atoms with Crippen molar-refractivity contribution in [2.24, 2.45) is 0 Å². The third-order valence-corrected chi connectivity index (χ3v) is 6.33. The summed E-state index contributed by atoms with van der Waals surface area (Å²) < 4.78 is 47.1. The lowest BCUT2D eigenvalue weighted by molar-refractivity contribution is -0.137. The van der Waals surface area contributed by atoms with Crippen molar-refractivity contribution in [3.63, 3.8) is 0 Å². The van der Waals surface area contributed by atoms with Gasteiger partial charge in [-0.1, -0.05) is 25.4 Å². The molecule has 210 valence electrons. The van der Waals surface area contributed by atoms with Crippen molar-refractivity contribution in [1.82, 2.24) is 24.6 Å². The van der Waals surface area contributed by atoms with E-state index >= 15 is 0 Å². The largest absolute Gasteiger partial charge is 0.457 e. The number of ether oxygens (including phenoxy) is 1. The smallest absolute Gasteiger partial charge is 0.417 e. The van der Waals surface area contributed by atoms with Crippen molar-refractivity contribution in [3.8, 4) is 23.0 Å². The zero-order chi connectivity index (χ0) is 28.7. The van der Waals surface area contributed by atoms with Crippen LogP contribution >= 0.6 is 11.6 Å². The Labute approximate surface area is 234 Å². The number of urea groups is 1. The van der Waals surface area contributed by atoms with Gasteiger partial charge in [0.25, 0.3) is 0 Å². The molecule has 0 saturated carbocycles. The zero-order valence-electron chi connectivity index (χ0n) is 21.7. The molecule has 4 aromatic rings. The lowest BCUT2D eigenvalue weighted by Crippen LogP contribution is -2.27. The van der Waals surface area contributed by atoms with Gasteiger partial charge in [0, 0.05) is 36.7 Å². The van der Waals surface area contributed by atoms with Crippen molar-refractivity contribution in [1.29, 1.82) is 0 Å². The minimum absolute atomic E-state index is 0.0495. The number of likely N-dealkylation sites (N-methyl/N-ethyl adjacent to an activating group) is 1. The minimum Gasteiger partial charge on any atom is -0.457 e. The number of hydrogen-bond donors (Lipinski definition) is 2. The molecule has 2 N–H and O–H groups in total. The molecule has 2 amide bonds. The van der Waals surface area contributed by atoms with Gasteiger partial charge in [0.2, 0.25) is 0 Å². The van der Waals surface area contributed by atoms with Crippen LogP contribution in [0, 0.1) is 0 Å². The molecule has 2 aromatic carbocycles. The number of nitrogens with zero attached hydrogens (tertiary/aromatic N) is 5. The first-order valence-electron chi connectivity index (χ1n) is 12.5. The Morgan fingerprint density at radius 1 is 1.00 bits per heavy atom. The Hall–Kier alpha value is -4.16.